The van der Waals surface area contributed by atoms with Gasteiger partial charge in [0.15, 0.2) is 0 Å². The lowest BCUT2D eigenvalue weighted by Crippen LogP contribution is -2.18. The molecule has 1 heterocycles. The summed E-state index contributed by atoms with van der Waals surface area (Å²) in [6.45, 7) is 0. The molecule has 0 saturated carbocycles. The molecule has 0 aliphatic carbocycles. The topological polar surface area (TPSA) is 101 Å². The SMILES string of the molecule is CNC(=O)c1cccc2c(NC(=O)O)c3cccc(OC)c3nc12. The summed E-state index contributed by atoms with van der Waals surface area (Å²) in [6, 6.07) is 10.3. The highest BCUT2D eigenvalue weighted by Gasteiger charge is 2.18. The van der Waals surface area contributed by atoms with E-state index in [-0.39, 0.29) is 5.91 Å². The van der Waals surface area contributed by atoms with Gasteiger partial charge in [0.1, 0.15) is 11.3 Å². The van der Waals surface area contributed by atoms with Gasteiger partial charge in [-0.25, -0.2) is 9.78 Å². The van der Waals surface area contributed by atoms with Crippen LogP contribution in [0.25, 0.3) is 21.8 Å². The molecule has 0 bridgehead atoms. The number of hydrogen-bond donors (Lipinski definition) is 3. The van der Waals surface area contributed by atoms with Gasteiger partial charge in [0.2, 0.25) is 0 Å². The number of carbonyl (C=O) groups excluding carboxylic acids is 1. The Kier molecular flexibility index (Phi) is 3.91. The molecule has 0 unspecified atom stereocenters. The average Bonchev–Trinajstić information content (AvgIpc) is 2.59. The van der Waals surface area contributed by atoms with Crippen LogP contribution in [0.5, 0.6) is 5.75 Å². The number of fused-ring (bicyclic) bond motifs is 2. The molecule has 122 valence electrons. The van der Waals surface area contributed by atoms with E-state index in [1.807, 2.05) is 0 Å². The molecule has 0 aliphatic rings. The number of ether oxygens (including phenoxy) is 1. The quantitative estimate of drug-likeness (QED) is 0.643. The molecule has 7 nitrogen and oxygen atoms in total. The van der Waals surface area contributed by atoms with Crippen LogP contribution < -0.4 is 15.4 Å². The summed E-state index contributed by atoms with van der Waals surface area (Å²) in [4.78, 5) is 27.9. The molecule has 0 spiro atoms. The second kappa shape index (κ2) is 6.04. The average molecular weight is 325 g/mol. The third-order valence-corrected chi connectivity index (χ3v) is 3.72. The van der Waals surface area contributed by atoms with Crippen LogP contribution in [0.4, 0.5) is 10.5 Å². The summed E-state index contributed by atoms with van der Waals surface area (Å²) >= 11 is 0. The number of pyridine rings is 1. The summed E-state index contributed by atoms with van der Waals surface area (Å²) in [6.07, 6.45) is -1.20. The van der Waals surface area contributed by atoms with Crippen molar-refractivity contribution in [1.29, 1.82) is 0 Å². The molecule has 7 heteroatoms. The maximum absolute atomic E-state index is 12.1. The van der Waals surface area contributed by atoms with E-state index in [1.54, 1.807) is 36.4 Å². The molecule has 2 aromatic carbocycles. The number of carbonyl (C=O) groups is 2. The van der Waals surface area contributed by atoms with Crippen LogP contribution in [-0.2, 0) is 0 Å². The molecular weight excluding hydrogens is 310 g/mol. The van der Waals surface area contributed by atoms with Gasteiger partial charge < -0.3 is 15.2 Å². The second-order valence-corrected chi connectivity index (χ2v) is 5.05. The van der Waals surface area contributed by atoms with E-state index in [4.69, 9.17) is 4.74 Å². The highest BCUT2D eigenvalue weighted by molar-refractivity contribution is 6.17. The van der Waals surface area contributed by atoms with E-state index in [0.717, 1.165) is 0 Å². The van der Waals surface area contributed by atoms with E-state index in [2.05, 4.69) is 15.6 Å². The van der Waals surface area contributed by atoms with Crippen LogP contribution in [0.3, 0.4) is 0 Å². The first-order valence-electron chi connectivity index (χ1n) is 7.18. The summed E-state index contributed by atoms with van der Waals surface area (Å²) in [5.41, 5.74) is 1.61. The number of nitrogens with one attached hydrogen (secondary N) is 2. The largest absolute Gasteiger partial charge is 0.494 e. The number of anilines is 1. The number of nitrogens with zero attached hydrogens (tertiary/aromatic N) is 1. The number of methoxy groups -OCH3 is 1. The normalized spacial score (nSPS) is 10.6. The summed E-state index contributed by atoms with van der Waals surface area (Å²) < 4.78 is 5.32. The van der Waals surface area contributed by atoms with Gasteiger partial charge in [-0.15, -0.1) is 0 Å². The summed E-state index contributed by atoms with van der Waals surface area (Å²) in [7, 11) is 3.04. The molecule has 0 radical (unpaired) electrons. The molecule has 3 rings (SSSR count). The Morgan fingerprint density at radius 1 is 1.08 bits per heavy atom. The molecule has 3 aromatic rings. The van der Waals surface area contributed by atoms with Crippen molar-refractivity contribution in [1.82, 2.24) is 10.3 Å². The minimum Gasteiger partial charge on any atom is -0.494 e. The third kappa shape index (κ3) is 2.45. The van der Waals surface area contributed by atoms with E-state index in [9.17, 15) is 14.7 Å². The predicted molar refractivity (Wildman–Crippen MR) is 90.8 cm³/mol. The number of benzene rings is 2. The Labute approximate surface area is 137 Å². The van der Waals surface area contributed by atoms with Crippen molar-refractivity contribution in [2.45, 2.75) is 0 Å². The van der Waals surface area contributed by atoms with Crippen molar-refractivity contribution < 1.29 is 19.4 Å². The first kappa shape index (κ1) is 15.5. The monoisotopic (exact) mass is 325 g/mol. The Morgan fingerprint density at radius 3 is 2.38 bits per heavy atom. The number of rotatable bonds is 3. The van der Waals surface area contributed by atoms with Crippen molar-refractivity contribution in [3.63, 3.8) is 0 Å². The summed E-state index contributed by atoms with van der Waals surface area (Å²) in [5, 5.41) is 15.3. The zero-order chi connectivity index (χ0) is 17.3. The van der Waals surface area contributed by atoms with Crippen molar-refractivity contribution in [3.8, 4) is 5.75 Å². The van der Waals surface area contributed by atoms with Crippen molar-refractivity contribution >= 4 is 39.5 Å². The van der Waals surface area contributed by atoms with Gasteiger partial charge in [0.05, 0.1) is 23.9 Å². The second-order valence-electron chi connectivity index (χ2n) is 5.05. The molecule has 2 amide bonds. The standard InChI is InChI=1S/C17H15N3O4/c1-18-16(21)11-7-3-5-9-13(20-17(22)23)10-6-4-8-12(24-2)15(10)19-14(9)11/h3-8H,1-2H3,(H,18,21)(H,19,20)(H,22,23). The highest BCUT2D eigenvalue weighted by atomic mass is 16.5. The van der Waals surface area contributed by atoms with Crippen LogP contribution in [0.2, 0.25) is 0 Å². The van der Waals surface area contributed by atoms with E-state index in [0.29, 0.717) is 38.8 Å². The van der Waals surface area contributed by atoms with Crippen molar-refractivity contribution in [3.05, 3.63) is 42.0 Å². The number of amides is 2. The molecule has 3 N–H and O–H groups in total. The molecule has 24 heavy (non-hydrogen) atoms. The van der Waals surface area contributed by atoms with Crippen LogP contribution in [0.15, 0.2) is 36.4 Å². The Balaban J connectivity index is 2.49. The van der Waals surface area contributed by atoms with Gasteiger partial charge in [-0.1, -0.05) is 24.3 Å². The Morgan fingerprint density at radius 2 is 1.75 bits per heavy atom. The molecular formula is C17H15N3O4. The fraction of sp³-hybridized carbons (Fsp3) is 0.118. The van der Waals surface area contributed by atoms with Gasteiger partial charge in [-0.2, -0.15) is 0 Å². The fourth-order valence-electron chi connectivity index (χ4n) is 2.69. The third-order valence-electron chi connectivity index (χ3n) is 3.72. The van der Waals surface area contributed by atoms with Crippen LogP contribution in [-0.4, -0.2) is 36.2 Å². The Hall–Kier alpha value is -3.35. The van der Waals surface area contributed by atoms with Gasteiger partial charge in [0.25, 0.3) is 5.91 Å². The lowest BCUT2D eigenvalue weighted by Gasteiger charge is -2.14. The van der Waals surface area contributed by atoms with E-state index in [1.165, 1.54) is 14.2 Å². The number of para-hydroxylation sites is 2. The first-order valence-corrected chi connectivity index (χ1v) is 7.18. The van der Waals surface area contributed by atoms with Crippen LogP contribution in [0, 0.1) is 0 Å². The zero-order valence-corrected chi connectivity index (χ0v) is 13.1. The molecule has 0 atom stereocenters. The van der Waals surface area contributed by atoms with Crippen LogP contribution in [0.1, 0.15) is 10.4 Å². The van der Waals surface area contributed by atoms with Gasteiger partial charge in [-0.05, 0) is 12.1 Å². The highest BCUT2D eigenvalue weighted by Crippen LogP contribution is 2.36. The first-order chi connectivity index (χ1) is 11.6. The van der Waals surface area contributed by atoms with Crippen LogP contribution >= 0.6 is 0 Å². The van der Waals surface area contributed by atoms with Gasteiger partial charge in [-0.3, -0.25) is 10.1 Å². The summed E-state index contributed by atoms with van der Waals surface area (Å²) in [5.74, 6) is 0.193. The zero-order valence-electron chi connectivity index (χ0n) is 13.1. The fourth-order valence-corrected chi connectivity index (χ4v) is 2.69. The van der Waals surface area contributed by atoms with Gasteiger partial charge >= 0.3 is 6.09 Å². The number of hydrogen-bond acceptors (Lipinski definition) is 4. The maximum atomic E-state index is 12.1. The molecule has 1 aromatic heterocycles. The minimum absolute atomic E-state index is 0.302. The lowest BCUT2D eigenvalue weighted by molar-refractivity contribution is 0.0964. The smallest absolute Gasteiger partial charge is 0.409 e. The maximum Gasteiger partial charge on any atom is 0.409 e. The van der Waals surface area contributed by atoms with Crippen molar-refractivity contribution in [2.75, 3.05) is 19.5 Å². The minimum atomic E-state index is -1.20. The number of carboxylic acid groups (broad SMARTS) is 1. The molecule has 0 aliphatic heterocycles. The van der Waals surface area contributed by atoms with E-state index < -0.39 is 6.09 Å². The molecule has 0 fully saturated rings. The predicted octanol–water partition coefficient (Wildman–Crippen LogP) is 2.85. The van der Waals surface area contributed by atoms with Gasteiger partial charge in [0, 0.05) is 17.8 Å². The molecule has 0 saturated heterocycles. The Bertz CT molecular complexity index is 969. The van der Waals surface area contributed by atoms with E-state index >= 15 is 0 Å². The lowest BCUT2D eigenvalue weighted by atomic mass is 10.0. The van der Waals surface area contributed by atoms with Crippen molar-refractivity contribution in [2.24, 2.45) is 0 Å². The number of aromatic nitrogens is 1.